The van der Waals surface area contributed by atoms with E-state index in [-0.39, 0.29) is 14.8 Å². The predicted molar refractivity (Wildman–Crippen MR) is 75.8 cm³/mol. The summed E-state index contributed by atoms with van der Waals surface area (Å²) in [4.78, 5) is 11.0. The van der Waals surface area contributed by atoms with E-state index < -0.39 is 17.6 Å². The topological polar surface area (TPSA) is 49.3 Å². The summed E-state index contributed by atoms with van der Waals surface area (Å²) in [5.74, 6) is -2.42. The Kier molecular flexibility index (Phi) is 3.98. The molecule has 2 aromatic rings. The van der Waals surface area contributed by atoms with Crippen molar-refractivity contribution in [1.29, 1.82) is 0 Å². The summed E-state index contributed by atoms with van der Waals surface area (Å²) in [6.07, 6.45) is 0. The second-order valence-corrected chi connectivity index (χ2v) is 4.77. The molecule has 98 valence electrons. The molecule has 0 fully saturated rings. The molecule has 2 N–H and O–H groups in total. The molecule has 19 heavy (non-hydrogen) atoms. The van der Waals surface area contributed by atoms with Crippen LogP contribution in [-0.4, -0.2) is 11.1 Å². The average molecular weight is 375 g/mol. The van der Waals surface area contributed by atoms with Crippen LogP contribution >= 0.6 is 22.6 Å². The second-order valence-electron chi connectivity index (χ2n) is 3.69. The van der Waals surface area contributed by atoms with Crippen molar-refractivity contribution in [1.82, 2.24) is 0 Å². The highest BCUT2D eigenvalue weighted by molar-refractivity contribution is 14.1. The van der Waals surface area contributed by atoms with Gasteiger partial charge < -0.3 is 10.4 Å². The Balaban J connectivity index is 2.49. The van der Waals surface area contributed by atoms with Gasteiger partial charge in [-0.15, -0.1) is 0 Å². The van der Waals surface area contributed by atoms with Crippen molar-refractivity contribution in [2.45, 2.75) is 0 Å². The van der Waals surface area contributed by atoms with E-state index in [0.29, 0.717) is 5.69 Å². The van der Waals surface area contributed by atoms with Gasteiger partial charge in [-0.1, -0.05) is 12.1 Å². The lowest BCUT2D eigenvalue weighted by atomic mass is 10.1. The average Bonchev–Trinajstić information content (AvgIpc) is 2.36. The highest BCUT2D eigenvalue weighted by atomic mass is 127. The van der Waals surface area contributed by atoms with Crippen LogP contribution < -0.4 is 5.32 Å². The number of hydrogen-bond donors (Lipinski definition) is 2. The third-order valence-electron chi connectivity index (χ3n) is 2.46. The normalized spacial score (nSPS) is 10.3. The molecule has 0 bridgehead atoms. The lowest BCUT2D eigenvalue weighted by Gasteiger charge is -2.12. The van der Waals surface area contributed by atoms with Gasteiger partial charge in [0.2, 0.25) is 0 Å². The number of carboxylic acids is 1. The maximum atomic E-state index is 13.7. The van der Waals surface area contributed by atoms with Crippen molar-refractivity contribution < 1.29 is 18.7 Å². The van der Waals surface area contributed by atoms with Crippen LogP contribution in [0.2, 0.25) is 0 Å². The molecular formula is C13H8F2INO2. The number of aromatic carboxylic acids is 1. The molecule has 0 radical (unpaired) electrons. The smallest absolute Gasteiger partial charge is 0.337 e. The number of benzene rings is 2. The minimum absolute atomic E-state index is 0.182. The number of carbonyl (C=O) groups is 1. The van der Waals surface area contributed by atoms with E-state index in [9.17, 15) is 13.6 Å². The van der Waals surface area contributed by atoms with Crippen LogP contribution in [0, 0.1) is 15.2 Å². The molecule has 0 heterocycles. The van der Waals surface area contributed by atoms with Crippen molar-refractivity contribution in [2.24, 2.45) is 0 Å². The highest BCUT2D eigenvalue weighted by Gasteiger charge is 2.15. The molecule has 6 heteroatoms. The van der Waals surface area contributed by atoms with E-state index in [1.807, 2.05) is 0 Å². The third-order valence-corrected chi connectivity index (χ3v) is 3.55. The van der Waals surface area contributed by atoms with Crippen LogP contribution in [0.25, 0.3) is 0 Å². The van der Waals surface area contributed by atoms with Crippen molar-refractivity contribution >= 4 is 39.9 Å². The molecule has 0 aromatic heterocycles. The van der Waals surface area contributed by atoms with E-state index in [1.165, 1.54) is 24.3 Å². The molecule has 0 aliphatic carbocycles. The Morgan fingerprint density at radius 1 is 1.11 bits per heavy atom. The molecule has 3 nitrogen and oxygen atoms in total. The van der Waals surface area contributed by atoms with Crippen molar-refractivity contribution in [3.63, 3.8) is 0 Å². The maximum absolute atomic E-state index is 13.7. The molecule has 2 rings (SSSR count). The largest absolute Gasteiger partial charge is 0.478 e. The number of hydrogen-bond acceptors (Lipinski definition) is 2. The standard InChI is InChI=1S/C13H8F2INO2/c14-8-4-2-6-10(11(8)16)17-12-7(13(18)19)3-1-5-9(12)15/h1-6,17H,(H,18,19). The van der Waals surface area contributed by atoms with Crippen molar-refractivity contribution in [3.05, 3.63) is 57.2 Å². The summed E-state index contributed by atoms with van der Waals surface area (Å²) in [7, 11) is 0. The molecule has 0 aliphatic heterocycles. The maximum Gasteiger partial charge on any atom is 0.337 e. The first-order valence-electron chi connectivity index (χ1n) is 5.23. The van der Waals surface area contributed by atoms with E-state index in [4.69, 9.17) is 5.11 Å². The fourth-order valence-corrected chi connectivity index (χ4v) is 2.06. The van der Waals surface area contributed by atoms with Gasteiger partial charge in [0, 0.05) is 0 Å². The molecule has 0 saturated carbocycles. The molecule has 0 atom stereocenters. The van der Waals surface area contributed by atoms with E-state index >= 15 is 0 Å². The third kappa shape index (κ3) is 2.83. The van der Waals surface area contributed by atoms with Crippen LogP contribution in [0.1, 0.15) is 10.4 Å². The zero-order chi connectivity index (χ0) is 14.0. The van der Waals surface area contributed by atoms with Gasteiger partial charge in [-0.05, 0) is 46.9 Å². The van der Waals surface area contributed by atoms with E-state index in [2.05, 4.69) is 5.32 Å². The summed E-state index contributed by atoms with van der Waals surface area (Å²) in [6, 6.07) is 8.00. The summed E-state index contributed by atoms with van der Waals surface area (Å²) in [5.41, 5.74) is -0.0771. The summed E-state index contributed by atoms with van der Waals surface area (Å²) >= 11 is 1.77. The molecule has 0 unspecified atom stereocenters. The van der Waals surface area contributed by atoms with Gasteiger partial charge in [-0.2, -0.15) is 0 Å². The van der Waals surface area contributed by atoms with E-state index in [1.54, 1.807) is 28.7 Å². The monoisotopic (exact) mass is 375 g/mol. The van der Waals surface area contributed by atoms with Gasteiger partial charge in [0.25, 0.3) is 0 Å². The van der Waals surface area contributed by atoms with Gasteiger partial charge >= 0.3 is 5.97 Å². The SMILES string of the molecule is O=C(O)c1cccc(F)c1Nc1cccc(F)c1I. The Morgan fingerprint density at radius 3 is 2.42 bits per heavy atom. The van der Waals surface area contributed by atoms with Crippen LogP contribution in [-0.2, 0) is 0 Å². The summed E-state index contributed by atoms with van der Waals surface area (Å²) in [6.45, 7) is 0. The zero-order valence-corrected chi connectivity index (χ0v) is 11.6. The number of para-hydroxylation sites is 1. The van der Waals surface area contributed by atoms with Crippen molar-refractivity contribution in [2.75, 3.05) is 5.32 Å². The number of nitrogens with one attached hydrogen (secondary N) is 1. The number of rotatable bonds is 3. The number of carboxylic acid groups (broad SMARTS) is 1. The van der Waals surface area contributed by atoms with Gasteiger partial charge in [0.05, 0.1) is 20.5 Å². The minimum atomic E-state index is -1.26. The first-order valence-corrected chi connectivity index (χ1v) is 6.31. The Hall–Kier alpha value is -1.70. The first-order chi connectivity index (χ1) is 9.00. The van der Waals surface area contributed by atoms with Crippen molar-refractivity contribution in [3.8, 4) is 0 Å². The number of anilines is 2. The van der Waals surface area contributed by atoms with E-state index in [0.717, 1.165) is 6.07 Å². The fourth-order valence-electron chi connectivity index (χ4n) is 1.56. The second kappa shape index (κ2) is 5.52. The lowest BCUT2D eigenvalue weighted by molar-refractivity contribution is 0.0697. The fraction of sp³-hybridized carbons (Fsp3) is 0. The van der Waals surface area contributed by atoms with Crippen LogP contribution in [0.3, 0.4) is 0 Å². The van der Waals surface area contributed by atoms with Gasteiger partial charge in [0.1, 0.15) is 11.6 Å². The van der Waals surface area contributed by atoms with Crippen LogP contribution in [0.5, 0.6) is 0 Å². The lowest BCUT2D eigenvalue weighted by Crippen LogP contribution is -2.06. The zero-order valence-electron chi connectivity index (χ0n) is 9.45. The predicted octanol–water partition coefficient (Wildman–Crippen LogP) is 4.01. The quantitative estimate of drug-likeness (QED) is 0.798. The van der Waals surface area contributed by atoms with Gasteiger partial charge in [-0.25, -0.2) is 13.6 Å². The highest BCUT2D eigenvalue weighted by Crippen LogP contribution is 2.28. The molecule has 0 amide bonds. The Bertz CT molecular complexity index is 647. The van der Waals surface area contributed by atoms with Gasteiger partial charge in [-0.3, -0.25) is 0 Å². The molecular weight excluding hydrogens is 367 g/mol. The van der Waals surface area contributed by atoms with Gasteiger partial charge in [0.15, 0.2) is 0 Å². The molecule has 2 aromatic carbocycles. The Labute approximate surface area is 121 Å². The first kappa shape index (κ1) is 13.7. The summed E-state index contributed by atoms with van der Waals surface area (Å²) in [5, 5.41) is 11.6. The molecule has 0 saturated heterocycles. The molecule has 0 spiro atoms. The number of halogens is 3. The summed E-state index contributed by atoms with van der Waals surface area (Å²) < 4.78 is 27.4. The van der Waals surface area contributed by atoms with Crippen LogP contribution in [0.4, 0.5) is 20.2 Å². The minimum Gasteiger partial charge on any atom is -0.478 e. The van der Waals surface area contributed by atoms with Crippen LogP contribution in [0.15, 0.2) is 36.4 Å². The Morgan fingerprint density at radius 2 is 1.74 bits per heavy atom. The molecule has 0 aliphatic rings.